The van der Waals surface area contributed by atoms with Gasteiger partial charge in [-0.25, -0.2) is 0 Å². The van der Waals surface area contributed by atoms with Gasteiger partial charge in [0.15, 0.2) is 0 Å². The van der Waals surface area contributed by atoms with Crippen molar-refractivity contribution in [2.24, 2.45) is 0 Å². The zero-order valence-corrected chi connectivity index (χ0v) is 35.2. The summed E-state index contributed by atoms with van der Waals surface area (Å²) in [6.07, 6.45) is 48.4. The Labute approximate surface area is 329 Å². The van der Waals surface area contributed by atoms with E-state index in [4.69, 9.17) is 4.74 Å². The predicted molar refractivity (Wildman–Crippen MR) is 227 cm³/mol. The van der Waals surface area contributed by atoms with Crippen molar-refractivity contribution in [1.29, 1.82) is 0 Å². The molecular formula is C47H89NO5. The van der Waals surface area contributed by atoms with E-state index in [1.165, 1.54) is 135 Å². The van der Waals surface area contributed by atoms with Crippen LogP contribution in [-0.4, -0.2) is 47.4 Å². The molecule has 0 aromatic heterocycles. The maximum absolute atomic E-state index is 12.4. The van der Waals surface area contributed by atoms with Crippen molar-refractivity contribution in [3.63, 3.8) is 0 Å². The Bertz CT molecular complexity index is 828. The quantitative estimate of drug-likeness (QED) is 0.0328. The number of rotatable bonds is 42. The molecule has 6 nitrogen and oxygen atoms in total. The van der Waals surface area contributed by atoms with Crippen molar-refractivity contribution in [2.75, 3.05) is 13.2 Å². The van der Waals surface area contributed by atoms with Gasteiger partial charge < -0.3 is 20.3 Å². The molecule has 0 radical (unpaired) electrons. The Kier molecular flexibility index (Phi) is 41.7. The SMILES string of the molecule is CCCCCC/C=C\C/C=C\CCCCCCCC(=O)OCCCCCCCCCCCC(=O)NC(CO)C(O)CCCCCCCCCCCCC. The molecule has 0 aliphatic heterocycles. The van der Waals surface area contributed by atoms with Crippen LogP contribution < -0.4 is 5.32 Å². The maximum Gasteiger partial charge on any atom is 0.305 e. The molecule has 0 saturated heterocycles. The third-order valence-electron chi connectivity index (χ3n) is 10.5. The highest BCUT2D eigenvalue weighted by Gasteiger charge is 2.20. The predicted octanol–water partition coefficient (Wildman–Crippen LogP) is 13.2. The average molecular weight is 748 g/mol. The number of carbonyl (C=O) groups is 2. The molecule has 1 amide bonds. The van der Waals surface area contributed by atoms with Crippen LogP contribution in [0, 0.1) is 0 Å². The lowest BCUT2D eigenvalue weighted by Gasteiger charge is -2.22. The number of carbonyl (C=O) groups excluding carboxylic acids is 2. The summed E-state index contributed by atoms with van der Waals surface area (Å²) < 4.78 is 5.44. The number of ether oxygens (including phenoxy) is 1. The summed E-state index contributed by atoms with van der Waals surface area (Å²) in [5.41, 5.74) is 0. The smallest absolute Gasteiger partial charge is 0.305 e. The van der Waals surface area contributed by atoms with Crippen LogP contribution in [0.4, 0.5) is 0 Å². The molecule has 0 aliphatic carbocycles. The first-order valence-electron chi connectivity index (χ1n) is 23.1. The van der Waals surface area contributed by atoms with E-state index < -0.39 is 12.1 Å². The van der Waals surface area contributed by atoms with E-state index in [2.05, 4.69) is 43.5 Å². The van der Waals surface area contributed by atoms with E-state index in [-0.39, 0.29) is 18.5 Å². The Hall–Kier alpha value is -1.66. The molecule has 0 saturated carbocycles. The third-order valence-corrected chi connectivity index (χ3v) is 10.5. The highest BCUT2D eigenvalue weighted by atomic mass is 16.5. The summed E-state index contributed by atoms with van der Waals surface area (Å²) in [6.45, 7) is 4.84. The number of aliphatic hydroxyl groups excluding tert-OH is 2. The summed E-state index contributed by atoms with van der Waals surface area (Å²) in [6, 6.07) is -0.561. The van der Waals surface area contributed by atoms with Gasteiger partial charge in [0.1, 0.15) is 0 Å². The zero-order chi connectivity index (χ0) is 38.7. The lowest BCUT2D eigenvalue weighted by atomic mass is 10.0. The van der Waals surface area contributed by atoms with Gasteiger partial charge in [0, 0.05) is 12.8 Å². The van der Waals surface area contributed by atoms with Gasteiger partial charge in [0.25, 0.3) is 0 Å². The minimum Gasteiger partial charge on any atom is -0.466 e. The molecule has 2 atom stereocenters. The van der Waals surface area contributed by atoms with Gasteiger partial charge in [-0.15, -0.1) is 0 Å². The summed E-state index contributed by atoms with van der Waals surface area (Å²) in [5.74, 6) is -0.105. The third kappa shape index (κ3) is 39.8. The van der Waals surface area contributed by atoms with Crippen molar-refractivity contribution in [3.05, 3.63) is 24.3 Å². The number of aliphatic hydroxyl groups is 2. The van der Waals surface area contributed by atoms with Crippen LogP contribution in [0.3, 0.4) is 0 Å². The number of hydrogen-bond acceptors (Lipinski definition) is 5. The average Bonchev–Trinajstić information content (AvgIpc) is 3.16. The van der Waals surface area contributed by atoms with E-state index >= 15 is 0 Å². The molecule has 312 valence electrons. The Balaban J connectivity index is 3.50. The molecule has 0 aromatic rings. The molecule has 0 fully saturated rings. The largest absolute Gasteiger partial charge is 0.466 e. The fourth-order valence-corrected chi connectivity index (χ4v) is 6.90. The highest BCUT2D eigenvalue weighted by Crippen LogP contribution is 2.15. The van der Waals surface area contributed by atoms with E-state index in [9.17, 15) is 19.8 Å². The van der Waals surface area contributed by atoms with Gasteiger partial charge in [0.2, 0.25) is 5.91 Å². The zero-order valence-electron chi connectivity index (χ0n) is 35.2. The number of amides is 1. The molecule has 2 unspecified atom stereocenters. The minimum absolute atomic E-state index is 0.0392. The van der Waals surface area contributed by atoms with Gasteiger partial charge in [-0.1, -0.05) is 192 Å². The number of allylic oxidation sites excluding steroid dienone is 4. The molecule has 0 spiro atoms. The maximum atomic E-state index is 12.4. The van der Waals surface area contributed by atoms with Gasteiger partial charge in [0.05, 0.1) is 25.4 Å². The fourth-order valence-electron chi connectivity index (χ4n) is 6.90. The topological polar surface area (TPSA) is 95.9 Å². The van der Waals surface area contributed by atoms with Crippen LogP contribution in [-0.2, 0) is 14.3 Å². The van der Waals surface area contributed by atoms with Crippen molar-refractivity contribution >= 4 is 11.9 Å². The van der Waals surface area contributed by atoms with Gasteiger partial charge in [-0.05, 0) is 57.8 Å². The van der Waals surface area contributed by atoms with Crippen molar-refractivity contribution in [3.8, 4) is 0 Å². The summed E-state index contributed by atoms with van der Waals surface area (Å²) >= 11 is 0. The molecule has 3 N–H and O–H groups in total. The second-order valence-electron chi connectivity index (χ2n) is 15.7. The molecular weight excluding hydrogens is 659 g/mol. The van der Waals surface area contributed by atoms with Crippen molar-refractivity contribution in [1.82, 2.24) is 5.32 Å². The van der Waals surface area contributed by atoms with Crippen LogP contribution in [0.25, 0.3) is 0 Å². The molecule has 0 aromatic carbocycles. The first-order valence-corrected chi connectivity index (χ1v) is 23.1. The lowest BCUT2D eigenvalue weighted by Crippen LogP contribution is -2.45. The molecule has 0 aliphatic rings. The summed E-state index contributed by atoms with van der Waals surface area (Å²) in [4.78, 5) is 24.4. The monoisotopic (exact) mass is 748 g/mol. The van der Waals surface area contributed by atoms with Crippen molar-refractivity contribution < 1.29 is 24.5 Å². The van der Waals surface area contributed by atoms with E-state index in [1.807, 2.05) is 0 Å². The number of nitrogens with one attached hydrogen (secondary N) is 1. The van der Waals surface area contributed by atoms with Crippen LogP contribution in [0.2, 0.25) is 0 Å². The van der Waals surface area contributed by atoms with Gasteiger partial charge >= 0.3 is 5.97 Å². The van der Waals surface area contributed by atoms with Crippen LogP contribution in [0.5, 0.6) is 0 Å². The minimum atomic E-state index is -0.680. The first-order chi connectivity index (χ1) is 26.0. The second-order valence-corrected chi connectivity index (χ2v) is 15.7. The summed E-state index contributed by atoms with van der Waals surface area (Å²) in [7, 11) is 0. The van der Waals surface area contributed by atoms with Crippen LogP contribution in [0.15, 0.2) is 24.3 Å². The standard InChI is InChI=1S/C47H89NO5/c1-3-5-7-9-11-13-15-16-17-18-19-21-25-29-33-37-41-47(52)53-42-38-34-30-26-22-24-28-32-36-40-46(51)48-44(43-49)45(50)39-35-31-27-23-20-14-12-10-8-6-4-2/h13,15,17-18,44-45,49-50H,3-12,14,16,19-43H2,1-2H3,(H,48,51)/b15-13-,18-17-. The molecule has 0 bridgehead atoms. The van der Waals surface area contributed by atoms with E-state index in [1.54, 1.807) is 0 Å². The normalized spacial score (nSPS) is 12.9. The van der Waals surface area contributed by atoms with Crippen molar-refractivity contribution in [2.45, 2.75) is 251 Å². The first kappa shape index (κ1) is 51.3. The van der Waals surface area contributed by atoms with Gasteiger partial charge in [-0.3, -0.25) is 9.59 Å². The number of esters is 1. The Morgan fingerprint density at radius 1 is 0.528 bits per heavy atom. The molecule has 0 heterocycles. The van der Waals surface area contributed by atoms with E-state index in [0.717, 1.165) is 70.6 Å². The molecule has 0 rings (SSSR count). The van der Waals surface area contributed by atoms with Crippen LogP contribution >= 0.6 is 0 Å². The number of unbranched alkanes of at least 4 members (excludes halogenated alkanes) is 27. The molecule has 53 heavy (non-hydrogen) atoms. The number of hydrogen-bond donors (Lipinski definition) is 3. The lowest BCUT2D eigenvalue weighted by molar-refractivity contribution is -0.143. The molecule has 6 heteroatoms. The second kappa shape index (κ2) is 43.1. The van der Waals surface area contributed by atoms with E-state index in [0.29, 0.717) is 25.9 Å². The Morgan fingerprint density at radius 2 is 0.943 bits per heavy atom. The van der Waals surface area contributed by atoms with Gasteiger partial charge in [-0.2, -0.15) is 0 Å². The summed E-state index contributed by atoms with van der Waals surface area (Å²) in [5, 5.41) is 23.1. The highest BCUT2D eigenvalue weighted by molar-refractivity contribution is 5.76. The van der Waals surface area contributed by atoms with Crippen LogP contribution in [0.1, 0.15) is 239 Å². The fraction of sp³-hybridized carbons (Fsp3) is 0.872. The Morgan fingerprint density at radius 3 is 1.45 bits per heavy atom.